The predicted octanol–water partition coefficient (Wildman–Crippen LogP) is 1.20. The van der Waals surface area contributed by atoms with Crippen LogP contribution < -0.4 is 10.5 Å². The number of hydrogen-bond donors (Lipinski definition) is 0. The number of pyridine rings is 1. The smallest absolute Gasteiger partial charge is 0.283 e. The van der Waals surface area contributed by atoms with Gasteiger partial charge in [-0.15, -0.1) is 0 Å². The Morgan fingerprint density at radius 3 is 2.41 bits per heavy atom. The molecule has 150 valence electrons. The van der Waals surface area contributed by atoms with Gasteiger partial charge < -0.3 is 9.80 Å². The largest absolute Gasteiger partial charge is 0.337 e. The van der Waals surface area contributed by atoms with E-state index in [1.807, 2.05) is 18.7 Å². The number of carbonyl (C=O) groups excluding carboxylic acids is 1. The van der Waals surface area contributed by atoms with Gasteiger partial charge in [-0.25, -0.2) is 19.9 Å². The lowest BCUT2D eigenvalue weighted by Gasteiger charge is -2.34. The standard InChI is InChI=1S/C20H23N7O2/c1-14(2)13-27-17-15(5-3-6-21-17)24-16(19(27)29)18(28)25-9-11-26(12-10-25)20-22-7-4-8-23-20/h3-8,14H,9-13H2,1-2H3. The molecular weight excluding hydrogens is 370 g/mol. The van der Waals surface area contributed by atoms with Gasteiger partial charge in [0.1, 0.15) is 5.52 Å². The molecule has 4 rings (SSSR count). The van der Waals surface area contributed by atoms with Crippen LogP contribution in [0.5, 0.6) is 0 Å². The summed E-state index contributed by atoms with van der Waals surface area (Å²) >= 11 is 0. The van der Waals surface area contributed by atoms with Crippen LogP contribution in [-0.4, -0.2) is 61.5 Å². The highest BCUT2D eigenvalue weighted by Crippen LogP contribution is 2.13. The number of amides is 1. The van der Waals surface area contributed by atoms with E-state index in [0.29, 0.717) is 49.8 Å². The van der Waals surface area contributed by atoms with E-state index < -0.39 is 0 Å². The Balaban J connectivity index is 1.61. The summed E-state index contributed by atoms with van der Waals surface area (Å²) in [7, 11) is 0. The lowest BCUT2D eigenvalue weighted by Crippen LogP contribution is -2.50. The summed E-state index contributed by atoms with van der Waals surface area (Å²) in [5.74, 6) is 0.540. The summed E-state index contributed by atoms with van der Waals surface area (Å²) < 4.78 is 1.56. The van der Waals surface area contributed by atoms with Gasteiger partial charge >= 0.3 is 0 Å². The van der Waals surface area contributed by atoms with E-state index in [1.165, 1.54) is 0 Å². The third kappa shape index (κ3) is 3.80. The van der Waals surface area contributed by atoms with Crippen molar-refractivity contribution in [3.63, 3.8) is 0 Å². The van der Waals surface area contributed by atoms with E-state index in [0.717, 1.165) is 0 Å². The Morgan fingerprint density at radius 2 is 1.72 bits per heavy atom. The van der Waals surface area contributed by atoms with Gasteiger partial charge in [-0.2, -0.15) is 0 Å². The maximum Gasteiger partial charge on any atom is 0.283 e. The molecule has 0 unspecified atom stereocenters. The van der Waals surface area contributed by atoms with Gasteiger partial charge in [0, 0.05) is 51.3 Å². The number of piperazine rings is 1. The molecule has 0 radical (unpaired) electrons. The van der Waals surface area contributed by atoms with Crippen molar-refractivity contribution < 1.29 is 4.79 Å². The van der Waals surface area contributed by atoms with Crippen LogP contribution >= 0.6 is 0 Å². The van der Waals surface area contributed by atoms with Crippen LogP contribution in [0.2, 0.25) is 0 Å². The quantitative estimate of drug-likeness (QED) is 0.657. The summed E-state index contributed by atoms with van der Waals surface area (Å²) in [5, 5.41) is 0. The Labute approximate surface area is 168 Å². The minimum absolute atomic E-state index is 0.0458. The molecule has 0 N–H and O–H groups in total. The molecule has 0 aromatic carbocycles. The second-order valence-corrected chi connectivity index (χ2v) is 7.44. The van der Waals surface area contributed by atoms with Crippen molar-refractivity contribution in [2.75, 3.05) is 31.1 Å². The third-order valence-electron chi connectivity index (χ3n) is 4.85. The lowest BCUT2D eigenvalue weighted by atomic mass is 10.2. The molecule has 0 bridgehead atoms. The van der Waals surface area contributed by atoms with Gasteiger partial charge in [0.2, 0.25) is 5.95 Å². The molecule has 29 heavy (non-hydrogen) atoms. The van der Waals surface area contributed by atoms with Crippen LogP contribution in [0.15, 0.2) is 41.6 Å². The first-order valence-electron chi connectivity index (χ1n) is 9.71. The average Bonchev–Trinajstić information content (AvgIpc) is 2.75. The van der Waals surface area contributed by atoms with Crippen molar-refractivity contribution in [3.8, 4) is 0 Å². The molecule has 1 aliphatic heterocycles. The van der Waals surface area contributed by atoms with Crippen LogP contribution in [0, 0.1) is 5.92 Å². The Bertz CT molecular complexity index is 1070. The van der Waals surface area contributed by atoms with Crippen molar-refractivity contribution in [2.24, 2.45) is 5.92 Å². The predicted molar refractivity (Wildman–Crippen MR) is 109 cm³/mol. The van der Waals surface area contributed by atoms with Gasteiger partial charge in [-0.05, 0) is 24.1 Å². The second kappa shape index (κ2) is 7.94. The highest BCUT2D eigenvalue weighted by molar-refractivity contribution is 5.93. The first kappa shape index (κ1) is 19.0. The first-order chi connectivity index (χ1) is 14.0. The van der Waals surface area contributed by atoms with Gasteiger partial charge in [0.15, 0.2) is 11.3 Å². The average molecular weight is 393 g/mol. The maximum atomic E-state index is 13.1. The van der Waals surface area contributed by atoms with Crippen molar-refractivity contribution in [3.05, 3.63) is 52.8 Å². The minimum atomic E-state index is -0.385. The summed E-state index contributed by atoms with van der Waals surface area (Å²) in [4.78, 5) is 47.1. The summed E-state index contributed by atoms with van der Waals surface area (Å²) in [6.45, 7) is 6.69. The molecule has 1 amide bonds. The molecule has 0 saturated carbocycles. The number of anilines is 1. The van der Waals surface area contributed by atoms with E-state index in [9.17, 15) is 9.59 Å². The van der Waals surface area contributed by atoms with Gasteiger partial charge in [0.05, 0.1) is 0 Å². The van der Waals surface area contributed by atoms with E-state index in [-0.39, 0.29) is 23.1 Å². The summed E-state index contributed by atoms with van der Waals surface area (Å²) in [6.07, 6.45) is 5.03. The van der Waals surface area contributed by atoms with Crippen molar-refractivity contribution in [1.29, 1.82) is 0 Å². The van der Waals surface area contributed by atoms with E-state index in [2.05, 4.69) is 19.9 Å². The van der Waals surface area contributed by atoms with Gasteiger partial charge in [0.25, 0.3) is 11.5 Å². The molecule has 3 aromatic rings. The first-order valence-corrected chi connectivity index (χ1v) is 9.71. The number of nitrogens with zero attached hydrogens (tertiary/aromatic N) is 7. The molecule has 9 nitrogen and oxygen atoms in total. The molecule has 0 atom stereocenters. The lowest BCUT2D eigenvalue weighted by molar-refractivity contribution is 0.0738. The van der Waals surface area contributed by atoms with E-state index in [4.69, 9.17) is 0 Å². The van der Waals surface area contributed by atoms with Gasteiger partial charge in [-0.1, -0.05) is 13.8 Å². The van der Waals surface area contributed by atoms with E-state index >= 15 is 0 Å². The molecule has 1 fully saturated rings. The highest BCUT2D eigenvalue weighted by Gasteiger charge is 2.27. The highest BCUT2D eigenvalue weighted by atomic mass is 16.2. The topological polar surface area (TPSA) is 97.1 Å². The molecule has 0 spiro atoms. The fourth-order valence-corrected chi connectivity index (χ4v) is 3.46. The Kier molecular flexibility index (Phi) is 5.20. The zero-order chi connectivity index (χ0) is 20.4. The summed E-state index contributed by atoms with van der Waals surface area (Å²) in [6, 6.07) is 5.30. The summed E-state index contributed by atoms with van der Waals surface area (Å²) in [5.41, 5.74) is 0.625. The SMILES string of the molecule is CC(C)Cn1c(=O)c(C(=O)N2CCN(c3ncccn3)CC2)nc2cccnc21. The second-order valence-electron chi connectivity index (χ2n) is 7.44. The zero-order valence-corrected chi connectivity index (χ0v) is 16.5. The molecule has 3 aromatic heterocycles. The molecule has 1 aliphatic rings. The molecule has 1 saturated heterocycles. The van der Waals surface area contributed by atoms with Crippen molar-refractivity contribution in [1.82, 2.24) is 29.4 Å². The van der Waals surface area contributed by atoms with E-state index in [1.54, 1.807) is 46.3 Å². The Hall–Kier alpha value is -3.36. The number of carbonyl (C=O) groups is 1. The molecule has 9 heteroatoms. The number of fused-ring (bicyclic) bond motifs is 1. The normalized spacial score (nSPS) is 14.6. The number of aromatic nitrogens is 5. The van der Waals surface area contributed by atoms with Crippen LogP contribution in [0.3, 0.4) is 0 Å². The van der Waals surface area contributed by atoms with Gasteiger partial charge in [-0.3, -0.25) is 14.2 Å². The van der Waals surface area contributed by atoms with Crippen LogP contribution in [0.1, 0.15) is 24.3 Å². The van der Waals surface area contributed by atoms with Crippen LogP contribution in [-0.2, 0) is 6.54 Å². The van der Waals surface area contributed by atoms with Crippen molar-refractivity contribution in [2.45, 2.75) is 20.4 Å². The maximum absolute atomic E-state index is 13.1. The molecule has 4 heterocycles. The molecular formula is C20H23N7O2. The zero-order valence-electron chi connectivity index (χ0n) is 16.5. The van der Waals surface area contributed by atoms with Crippen LogP contribution in [0.4, 0.5) is 5.95 Å². The monoisotopic (exact) mass is 393 g/mol. The molecule has 0 aliphatic carbocycles. The number of hydrogen-bond acceptors (Lipinski definition) is 7. The number of rotatable bonds is 4. The van der Waals surface area contributed by atoms with Crippen LogP contribution in [0.25, 0.3) is 11.2 Å². The Morgan fingerprint density at radius 1 is 1.03 bits per heavy atom. The fourth-order valence-electron chi connectivity index (χ4n) is 3.46. The van der Waals surface area contributed by atoms with Crippen molar-refractivity contribution >= 4 is 23.0 Å². The fraction of sp³-hybridized carbons (Fsp3) is 0.400. The third-order valence-corrected chi connectivity index (χ3v) is 4.85. The minimum Gasteiger partial charge on any atom is -0.337 e.